The molecule has 1 aromatic rings. The van der Waals surface area contributed by atoms with Crippen molar-refractivity contribution in [3.05, 3.63) is 33.9 Å². The molecule has 1 aromatic carbocycles. The molecule has 7 heteroatoms. The van der Waals surface area contributed by atoms with Crippen molar-refractivity contribution in [1.82, 2.24) is 5.32 Å². The van der Waals surface area contributed by atoms with Crippen molar-refractivity contribution in [2.45, 2.75) is 50.7 Å². The van der Waals surface area contributed by atoms with Crippen molar-refractivity contribution < 1.29 is 14.5 Å². The Kier molecular flexibility index (Phi) is 4.45. The van der Waals surface area contributed by atoms with Gasteiger partial charge in [0.25, 0.3) is 11.6 Å². The van der Waals surface area contributed by atoms with Crippen LogP contribution >= 0.6 is 0 Å². The van der Waals surface area contributed by atoms with Gasteiger partial charge in [0, 0.05) is 32.3 Å². The predicted octanol–water partition coefficient (Wildman–Crippen LogP) is 2.88. The van der Waals surface area contributed by atoms with Crippen LogP contribution in [0.3, 0.4) is 0 Å². The number of ether oxygens (including phenoxy) is 1. The third-order valence-electron chi connectivity index (χ3n) is 5.06. The monoisotopic (exact) mass is 347 g/mol. The molecule has 25 heavy (non-hydrogen) atoms. The van der Waals surface area contributed by atoms with Gasteiger partial charge in [0.05, 0.1) is 27.4 Å². The summed E-state index contributed by atoms with van der Waals surface area (Å²) in [4.78, 5) is 25.1. The minimum atomic E-state index is -0.474. The van der Waals surface area contributed by atoms with E-state index >= 15 is 0 Å². The lowest BCUT2D eigenvalue weighted by Gasteiger charge is -2.50. The number of hydrogen-bond acceptors (Lipinski definition) is 5. The number of nitro benzene ring substituents is 1. The molecule has 136 valence electrons. The lowest BCUT2D eigenvalue weighted by atomic mass is 9.93. The van der Waals surface area contributed by atoms with Gasteiger partial charge in [-0.05, 0) is 32.8 Å². The van der Waals surface area contributed by atoms with E-state index in [1.807, 2.05) is 0 Å². The Balaban J connectivity index is 2.02. The summed E-state index contributed by atoms with van der Waals surface area (Å²) in [5.41, 5.74) is 0.453. The number of nitro groups is 1. The van der Waals surface area contributed by atoms with Gasteiger partial charge in [-0.3, -0.25) is 14.9 Å². The minimum absolute atomic E-state index is 0.0783. The van der Waals surface area contributed by atoms with Crippen LogP contribution in [0.25, 0.3) is 0 Å². The second-order valence-corrected chi connectivity index (χ2v) is 7.65. The van der Waals surface area contributed by atoms with E-state index in [9.17, 15) is 14.9 Å². The second kappa shape index (κ2) is 6.29. The topological polar surface area (TPSA) is 84.7 Å². The molecule has 3 rings (SSSR count). The Morgan fingerprint density at radius 3 is 2.56 bits per heavy atom. The van der Waals surface area contributed by atoms with E-state index in [2.05, 4.69) is 24.1 Å². The molecule has 1 amide bonds. The van der Waals surface area contributed by atoms with Gasteiger partial charge in [-0.15, -0.1) is 0 Å². The maximum atomic E-state index is 12.3. The highest BCUT2D eigenvalue weighted by atomic mass is 16.6. The van der Waals surface area contributed by atoms with Gasteiger partial charge in [0.2, 0.25) is 0 Å². The van der Waals surface area contributed by atoms with Gasteiger partial charge >= 0.3 is 0 Å². The van der Waals surface area contributed by atoms with E-state index in [0.29, 0.717) is 18.7 Å². The van der Waals surface area contributed by atoms with Crippen molar-refractivity contribution in [3.8, 4) is 0 Å². The quantitative estimate of drug-likeness (QED) is 0.671. The first-order chi connectivity index (χ1) is 11.8. The predicted molar refractivity (Wildman–Crippen MR) is 95.1 cm³/mol. The maximum Gasteiger partial charge on any atom is 0.270 e. The fraction of sp³-hybridized carbons (Fsp3) is 0.611. The van der Waals surface area contributed by atoms with Gasteiger partial charge in [0.1, 0.15) is 0 Å². The molecule has 1 N–H and O–H groups in total. The van der Waals surface area contributed by atoms with E-state index in [1.165, 1.54) is 19.2 Å². The summed E-state index contributed by atoms with van der Waals surface area (Å²) in [5.74, 6) is -0.316. The van der Waals surface area contributed by atoms with E-state index in [-0.39, 0.29) is 22.8 Å². The highest BCUT2D eigenvalue weighted by Crippen LogP contribution is 2.42. The molecular formula is C18H25N3O4. The summed E-state index contributed by atoms with van der Waals surface area (Å²) in [7, 11) is 1.53. The molecule has 0 bridgehead atoms. The average Bonchev–Trinajstić information content (AvgIpc) is 2.98. The lowest BCUT2D eigenvalue weighted by Crippen LogP contribution is -2.59. The summed E-state index contributed by atoms with van der Waals surface area (Å²) in [5, 5.41) is 13.7. The minimum Gasteiger partial charge on any atom is -0.365 e. The number of rotatable bonds is 3. The summed E-state index contributed by atoms with van der Waals surface area (Å²) >= 11 is 0. The number of carbonyl (C=O) groups excluding carboxylic acids is 1. The number of morpholine rings is 1. The van der Waals surface area contributed by atoms with Crippen LogP contribution < -0.4 is 10.2 Å². The first-order valence-corrected chi connectivity index (χ1v) is 8.71. The second-order valence-electron chi connectivity index (χ2n) is 7.65. The number of non-ortho nitro benzene ring substituents is 1. The molecule has 0 radical (unpaired) electrons. The van der Waals surface area contributed by atoms with Crippen LogP contribution in [0.4, 0.5) is 11.4 Å². The number of nitrogens with one attached hydrogen (secondary N) is 1. The number of carbonyl (C=O) groups is 1. The number of amides is 1. The van der Waals surface area contributed by atoms with Crippen molar-refractivity contribution in [1.29, 1.82) is 0 Å². The van der Waals surface area contributed by atoms with E-state index in [4.69, 9.17) is 4.74 Å². The molecule has 1 saturated carbocycles. The van der Waals surface area contributed by atoms with Crippen molar-refractivity contribution in [2.24, 2.45) is 0 Å². The molecule has 2 fully saturated rings. The van der Waals surface area contributed by atoms with Crippen molar-refractivity contribution in [3.63, 3.8) is 0 Å². The van der Waals surface area contributed by atoms with Crippen LogP contribution in [0.2, 0.25) is 0 Å². The Bertz CT molecular complexity index is 696. The molecule has 1 spiro atoms. The summed E-state index contributed by atoms with van der Waals surface area (Å²) in [6.07, 6.45) is 4.31. The van der Waals surface area contributed by atoms with Crippen molar-refractivity contribution >= 4 is 17.3 Å². The van der Waals surface area contributed by atoms with Gasteiger partial charge in [-0.25, -0.2) is 0 Å². The fourth-order valence-electron chi connectivity index (χ4n) is 4.19. The zero-order valence-corrected chi connectivity index (χ0v) is 15.0. The molecule has 1 aliphatic heterocycles. The largest absolute Gasteiger partial charge is 0.365 e. The van der Waals surface area contributed by atoms with Crippen LogP contribution in [0.15, 0.2) is 18.2 Å². The van der Waals surface area contributed by atoms with Crippen LogP contribution in [0.1, 0.15) is 49.9 Å². The van der Waals surface area contributed by atoms with Gasteiger partial charge in [0.15, 0.2) is 0 Å². The third kappa shape index (κ3) is 3.46. The van der Waals surface area contributed by atoms with E-state index in [1.54, 1.807) is 6.07 Å². The maximum absolute atomic E-state index is 12.3. The summed E-state index contributed by atoms with van der Waals surface area (Å²) < 4.78 is 6.41. The standard InChI is InChI=1S/C18H25N3O4/c1-17(2)11-20(12-18(25-17)8-4-5-9-18)15-7-6-13(21(23)24)10-14(15)16(22)19-3/h6-7,10H,4-5,8-9,11-12H2,1-3H3,(H,19,22). The number of hydrogen-bond donors (Lipinski definition) is 1. The zero-order chi connectivity index (χ0) is 18.2. The third-order valence-corrected chi connectivity index (χ3v) is 5.06. The molecule has 0 aromatic heterocycles. The van der Waals surface area contributed by atoms with Gasteiger partial charge in [-0.2, -0.15) is 0 Å². The first-order valence-electron chi connectivity index (χ1n) is 8.71. The molecular weight excluding hydrogens is 322 g/mol. The molecule has 7 nitrogen and oxygen atoms in total. The Morgan fingerprint density at radius 1 is 1.28 bits per heavy atom. The first kappa shape index (κ1) is 17.7. The highest BCUT2D eigenvalue weighted by molar-refractivity contribution is 6.00. The molecule has 1 aliphatic carbocycles. The molecule has 0 atom stereocenters. The Morgan fingerprint density at radius 2 is 1.96 bits per heavy atom. The van der Waals surface area contributed by atoms with Gasteiger partial charge < -0.3 is 15.0 Å². The van der Waals surface area contributed by atoms with E-state index in [0.717, 1.165) is 31.4 Å². The van der Waals surface area contributed by atoms with Gasteiger partial charge in [-0.1, -0.05) is 12.8 Å². The zero-order valence-electron chi connectivity index (χ0n) is 15.0. The average molecular weight is 347 g/mol. The van der Waals surface area contributed by atoms with Crippen LogP contribution in [-0.2, 0) is 4.74 Å². The lowest BCUT2D eigenvalue weighted by molar-refractivity contribution is -0.384. The van der Waals surface area contributed by atoms with Crippen LogP contribution in [0, 0.1) is 10.1 Å². The molecule has 1 heterocycles. The van der Waals surface area contributed by atoms with Crippen molar-refractivity contribution in [2.75, 3.05) is 25.0 Å². The molecule has 0 unspecified atom stereocenters. The molecule has 2 aliphatic rings. The smallest absolute Gasteiger partial charge is 0.270 e. The number of nitrogens with zero attached hydrogens (tertiary/aromatic N) is 2. The number of anilines is 1. The van der Waals surface area contributed by atoms with Crippen LogP contribution in [-0.4, -0.2) is 42.2 Å². The molecule has 1 saturated heterocycles. The Labute approximate surface area is 147 Å². The van der Waals surface area contributed by atoms with E-state index < -0.39 is 4.92 Å². The SMILES string of the molecule is CNC(=O)c1cc([N+](=O)[O-])ccc1N1CC(C)(C)OC2(CCCC2)C1. The highest BCUT2D eigenvalue weighted by Gasteiger charge is 2.46. The van der Waals surface area contributed by atoms with Crippen LogP contribution in [0.5, 0.6) is 0 Å². The normalized spacial score (nSPS) is 21.3. The number of benzene rings is 1. The summed E-state index contributed by atoms with van der Waals surface area (Å²) in [6.45, 7) is 5.46. The summed E-state index contributed by atoms with van der Waals surface area (Å²) in [6, 6.07) is 4.51. The Hall–Kier alpha value is -2.15. The fourth-order valence-corrected chi connectivity index (χ4v) is 4.19.